The van der Waals surface area contributed by atoms with Crippen LogP contribution in [0.3, 0.4) is 0 Å². The highest BCUT2D eigenvalue weighted by Gasteiger charge is 2.37. The summed E-state index contributed by atoms with van der Waals surface area (Å²) in [6, 6.07) is 0.101. The third-order valence-corrected chi connectivity index (χ3v) is 3.91. The summed E-state index contributed by atoms with van der Waals surface area (Å²) in [5, 5.41) is 12.0. The van der Waals surface area contributed by atoms with Gasteiger partial charge in [-0.15, -0.1) is 0 Å². The molecule has 0 radical (unpaired) electrons. The molecular formula is C13H23N3O4. The lowest BCUT2D eigenvalue weighted by Gasteiger charge is -2.35. The predicted octanol–water partition coefficient (Wildman–Crippen LogP) is -1.16. The van der Waals surface area contributed by atoms with Crippen molar-refractivity contribution in [3.05, 3.63) is 0 Å². The van der Waals surface area contributed by atoms with E-state index in [1.54, 1.807) is 0 Å². The standard InChI is InChI=1S/C13H23N3O4/c1-2-14-11-9-20-8-10(11)13(19)16-5-3-15(4-6-16)7-12(17)18/h10-11,14H,2-9H2,1H3,(H,17,18). The number of nitrogens with one attached hydrogen (secondary N) is 1. The average molecular weight is 285 g/mol. The van der Waals surface area contributed by atoms with Crippen molar-refractivity contribution in [2.24, 2.45) is 5.92 Å². The number of ether oxygens (including phenoxy) is 1. The Labute approximate surface area is 118 Å². The summed E-state index contributed by atoms with van der Waals surface area (Å²) in [5.41, 5.74) is 0. The van der Waals surface area contributed by atoms with E-state index >= 15 is 0 Å². The second kappa shape index (κ2) is 7.01. The number of nitrogens with zero attached hydrogens (tertiary/aromatic N) is 2. The number of likely N-dealkylation sites (N-methyl/N-ethyl adjacent to an activating group) is 1. The van der Waals surface area contributed by atoms with Gasteiger partial charge in [0.15, 0.2) is 0 Å². The minimum Gasteiger partial charge on any atom is -0.480 e. The van der Waals surface area contributed by atoms with Crippen LogP contribution >= 0.6 is 0 Å². The molecule has 0 spiro atoms. The number of carbonyl (C=O) groups excluding carboxylic acids is 1. The molecule has 7 nitrogen and oxygen atoms in total. The maximum absolute atomic E-state index is 12.5. The lowest BCUT2D eigenvalue weighted by molar-refractivity contribution is -0.140. The zero-order valence-electron chi connectivity index (χ0n) is 11.9. The zero-order valence-corrected chi connectivity index (χ0v) is 11.9. The second-order valence-corrected chi connectivity index (χ2v) is 5.30. The van der Waals surface area contributed by atoms with Crippen molar-refractivity contribution >= 4 is 11.9 Å². The predicted molar refractivity (Wildman–Crippen MR) is 72.4 cm³/mol. The van der Waals surface area contributed by atoms with E-state index in [-0.39, 0.29) is 24.4 Å². The molecule has 2 N–H and O–H groups in total. The Balaban J connectivity index is 1.83. The highest BCUT2D eigenvalue weighted by Crippen LogP contribution is 2.18. The minimum absolute atomic E-state index is 0.0502. The highest BCUT2D eigenvalue weighted by molar-refractivity contribution is 5.80. The van der Waals surface area contributed by atoms with E-state index in [4.69, 9.17) is 9.84 Å². The molecule has 1 amide bonds. The molecule has 0 aliphatic carbocycles. The molecule has 7 heteroatoms. The first-order valence-electron chi connectivity index (χ1n) is 7.16. The van der Waals surface area contributed by atoms with Crippen molar-refractivity contribution in [3.63, 3.8) is 0 Å². The van der Waals surface area contributed by atoms with E-state index in [1.807, 2.05) is 16.7 Å². The van der Waals surface area contributed by atoms with Crippen LogP contribution in [0, 0.1) is 5.92 Å². The third kappa shape index (κ3) is 3.68. The minimum atomic E-state index is -0.818. The Hall–Kier alpha value is -1.18. The fourth-order valence-electron chi connectivity index (χ4n) is 2.81. The molecule has 0 bridgehead atoms. The van der Waals surface area contributed by atoms with Crippen LogP contribution in [0.4, 0.5) is 0 Å². The van der Waals surface area contributed by atoms with Crippen molar-refractivity contribution in [3.8, 4) is 0 Å². The van der Waals surface area contributed by atoms with Crippen molar-refractivity contribution in [2.45, 2.75) is 13.0 Å². The molecule has 2 saturated heterocycles. The van der Waals surface area contributed by atoms with Crippen LogP contribution in [0.1, 0.15) is 6.92 Å². The fourth-order valence-corrected chi connectivity index (χ4v) is 2.81. The van der Waals surface area contributed by atoms with E-state index in [0.29, 0.717) is 39.4 Å². The normalized spacial score (nSPS) is 27.8. The van der Waals surface area contributed by atoms with Gasteiger partial charge in [0.2, 0.25) is 5.91 Å². The molecule has 2 rings (SSSR count). The summed E-state index contributed by atoms with van der Waals surface area (Å²) in [6.45, 7) is 6.40. The number of rotatable bonds is 5. The van der Waals surface area contributed by atoms with Crippen molar-refractivity contribution < 1.29 is 19.4 Å². The topological polar surface area (TPSA) is 82.1 Å². The van der Waals surface area contributed by atoms with Gasteiger partial charge < -0.3 is 20.1 Å². The van der Waals surface area contributed by atoms with E-state index in [9.17, 15) is 9.59 Å². The number of carboxylic acid groups (broad SMARTS) is 1. The Bertz CT molecular complexity index is 356. The van der Waals surface area contributed by atoms with Crippen LogP contribution in [0.15, 0.2) is 0 Å². The Morgan fingerprint density at radius 3 is 2.55 bits per heavy atom. The Morgan fingerprint density at radius 2 is 1.95 bits per heavy atom. The average Bonchev–Trinajstić information content (AvgIpc) is 2.87. The first-order valence-corrected chi connectivity index (χ1v) is 7.16. The fraction of sp³-hybridized carbons (Fsp3) is 0.846. The summed E-state index contributed by atoms with van der Waals surface area (Å²) in [4.78, 5) is 26.8. The van der Waals surface area contributed by atoms with Crippen LogP contribution in [-0.2, 0) is 14.3 Å². The monoisotopic (exact) mass is 285 g/mol. The summed E-state index contributed by atoms with van der Waals surface area (Å²) in [6.07, 6.45) is 0. The van der Waals surface area contributed by atoms with Crippen molar-refractivity contribution in [1.29, 1.82) is 0 Å². The molecule has 0 aromatic rings. The van der Waals surface area contributed by atoms with E-state index in [0.717, 1.165) is 6.54 Å². The number of hydrogen-bond acceptors (Lipinski definition) is 5. The molecule has 20 heavy (non-hydrogen) atoms. The number of aliphatic carboxylic acids is 1. The van der Waals surface area contributed by atoms with Crippen LogP contribution in [-0.4, -0.2) is 85.3 Å². The number of hydrogen-bond donors (Lipinski definition) is 2. The quantitative estimate of drug-likeness (QED) is 0.663. The molecule has 0 aromatic heterocycles. The summed E-state index contributed by atoms with van der Waals surface area (Å²) in [5.74, 6) is -0.800. The molecular weight excluding hydrogens is 262 g/mol. The number of amides is 1. The van der Waals surface area contributed by atoms with Gasteiger partial charge in [0.25, 0.3) is 0 Å². The van der Waals surface area contributed by atoms with Gasteiger partial charge in [-0.3, -0.25) is 14.5 Å². The summed E-state index contributed by atoms with van der Waals surface area (Å²) >= 11 is 0. The zero-order chi connectivity index (χ0) is 14.5. The molecule has 2 unspecified atom stereocenters. The Kier molecular flexibility index (Phi) is 5.33. The summed E-state index contributed by atoms with van der Waals surface area (Å²) < 4.78 is 5.41. The van der Waals surface area contributed by atoms with Gasteiger partial charge in [-0.05, 0) is 6.54 Å². The van der Waals surface area contributed by atoms with E-state index < -0.39 is 5.97 Å². The molecule has 114 valence electrons. The molecule has 2 aliphatic rings. The second-order valence-electron chi connectivity index (χ2n) is 5.30. The van der Waals surface area contributed by atoms with Gasteiger partial charge >= 0.3 is 5.97 Å². The number of carbonyl (C=O) groups is 2. The smallest absolute Gasteiger partial charge is 0.317 e. The highest BCUT2D eigenvalue weighted by atomic mass is 16.5. The first kappa shape index (κ1) is 15.2. The van der Waals surface area contributed by atoms with Crippen LogP contribution in [0.25, 0.3) is 0 Å². The summed E-state index contributed by atoms with van der Waals surface area (Å²) in [7, 11) is 0. The molecule has 0 aromatic carbocycles. The van der Waals surface area contributed by atoms with Gasteiger partial charge in [-0.25, -0.2) is 0 Å². The molecule has 2 fully saturated rings. The van der Waals surface area contributed by atoms with Gasteiger partial charge in [0.1, 0.15) is 0 Å². The van der Waals surface area contributed by atoms with Gasteiger partial charge in [-0.2, -0.15) is 0 Å². The lowest BCUT2D eigenvalue weighted by atomic mass is 10.0. The maximum Gasteiger partial charge on any atom is 0.317 e. The first-order chi connectivity index (χ1) is 9.61. The third-order valence-electron chi connectivity index (χ3n) is 3.91. The molecule has 2 aliphatic heterocycles. The number of carboxylic acids is 1. The largest absolute Gasteiger partial charge is 0.480 e. The van der Waals surface area contributed by atoms with E-state index in [2.05, 4.69) is 5.32 Å². The Morgan fingerprint density at radius 1 is 1.25 bits per heavy atom. The SMILES string of the molecule is CCNC1COCC1C(=O)N1CCN(CC(=O)O)CC1. The van der Waals surface area contributed by atoms with Crippen molar-refractivity contribution in [1.82, 2.24) is 15.1 Å². The molecule has 0 saturated carbocycles. The molecule has 2 atom stereocenters. The van der Waals surface area contributed by atoms with Crippen LogP contribution < -0.4 is 5.32 Å². The van der Waals surface area contributed by atoms with Gasteiger partial charge in [-0.1, -0.05) is 6.92 Å². The van der Waals surface area contributed by atoms with E-state index in [1.165, 1.54) is 0 Å². The van der Waals surface area contributed by atoms with Crippen molar-refractivity contribution in [2.75, 3.05) is 52.5 Å². The van der Waals surface area contributed by atoms with Crippen LogP contribution in [0.5, 0.6) is 0 Å². The lowest BCUT2D eigenvalue weighted by Crippen LogP contribution is -2.53. The number of piperazine rings is 1. The maximum atomic E-state index is 12.5. The van der Waals surface area contributed by atoms with Crippen LogP contribution in [0.2, 0.25) is 0 Å². The van der Waals surface area contributed by atoms with Gasteiger partial charge in [0.05, 0.1) is 25.7 Å². The molecule has 2 heterocycles. The van der Waals surface area contributed by atoms with Gasteiger partial charge in [0, 0.05) is 32.2 Å².